The first kappa shape index (κ1) is 10.2. The first-order valence-corrected chi connectivity index (χ1v) is 4.33. The number of nitrogens with one attached hydrogen (secondary N) is 2. The molecule has 0 aliphatic rings. The van der Waals surface area contributed by atoms with Crippen LogP contribution in [0.25, 0.3) is 0 Å². The van der Waals surface area contributed by atoms with Gasteiger partial charge in [0.2, 0.25) is 0 Å². The van der Waals surface area contributed by atoms with E-state index < -0.39 is 0 Å². The molecule has 13 heavy (non-hydrogen) atoms. The van der Waals surface area contributed by atoms with E-state index in [1.165, 1.54) is 7.05 Å². The van der Waals surface area contributed by atoms with Crippen LogP contribution in [-0.2, 0) is 0 Å². The lowest BCUT2D eigenvalue weighted by molar-refractivity contribution is 0.254. The van der Waals surface area contributed by atoms with Gasteiger partial charge in [0.25, 0.3) is 0 Å². The molecule has 2 N–H and O–H groups in total. The average Bonchev–Trinajstić information content (AvgIpc) is 2.11. The normalized spacial score (nSPS) is 9.46. The summed E-state index contributed by atoms with van der Waals surface area (Å²) in [5, 5.41) is 5.92. The van der Waals surface area contributed by atoms with Gasteiger partial charge in [-0.25, -0.2) is 4.79 Å². The number of halogens is 2. The molecule has 2 amide bonds. The van der Waals surface area contributed by atoms with E-state index in [1.807, 2.05) is 0 Å². The molecule has 0 radical (unpaired) electrons. The molecule has 0 atom stereocenters. The zero-order valence-electron chi connectivity index (χ0n) is 6.90. The minimum Gasteiger partial charge on any atom is -0.341 e. The molecule has 0 unspecified atom stereocenters. The highest BCUT2D eigenvalue weighted by atomic mass is 35.5. The summed E-state index contributed by atoms with van der Waals surface area (Å²) in [5.74, 6) is 0. The summed E-state index contributed by atoms with van der Waals surface area (Å²) < 4.78 is 0. The average molecular weight is 219 g/mol. The fourth-order valence-electron chi connectivity index (χ4n) is 0.778. The van der Waals surface area contributed by atoms with Crippen molar-refractivity contribution in [1.29, 1.82) is 0 Å². The number of urea groups is 1. The number of hydrogen-bond acceptors (Lipinski definition) is 1. The smallest absolute Gasteiger partial charge is 0.319 e. The van der Waals surface area contributed by atoms with Crippen LogP contribution in [0.5, 0.6) is 0 Å². The summed E-state index contributed by atoms with van der Waals surface area (Å²) in [4.78, 5) is 10.9. The fourth-order valence-corrected chi connectivity index (χ4v) is 1.11. The van der Waals surface area contributed by atoms with E-state index >= 15 is 0 Å². The first-order chi connectivity index (χ1) is 6.13. The predicted octanol–water partition coefficient (Wildman–Crippen LogP) is 2.74. The molecular formula is C8H8Cl2N2O. The van der Waals surface area contributed by atoms with Gasteiger partial charge in [0, 0.05) is 12.1 Å². The number of carbonyl (C=O) groups excluding carboxylic acids is 1. The molecule has 1 aromatic carbocycles. The Hall–Kier alpha value is -0.930. The molecule has 1 aromatic rings. The molecule has 0 bridgehead atoms. The third-order valence-electron chi connectivity index (χ3n) is 1.40. The number of benzene rings is 1. The van der Waals surface area contributed by atoms with Crippen LogP contribution in [0, 0.1) is 0 Å². The van der Waals surface area contributed by atoms with E-state index in [-0.39, 0.29) is 6.03 Å². The maximum atomic E-state index is 10.9. The topological polar surface area (TPSA) is 41.1 Å². The summed E-state index contributed by atoms with van der Waals surface area (Å²) in [6, 6.07) is 4.52. The predicted molar refractivity (Wildman–Crippen MR) is 54.5 cm³/mol. The molecule has 0 aliphatic carbocycles. The molecule has 1 rings (SSSR count). The Bertz CT molecular complexity index is 328. The monoisotopic (exact) mass is 218 g/mol. The van der Waals surface area contributed by atoms with Crippen LogP contribution in [0.3, 0.4) is 0 Å². The van der Waals surface area contributed by atoms with Gasteiger partial charge in [-0.15, -0.1) is 0 Å². The molecule has 0 fully saturated rings. The zero-order chi connectivity index (χ0) is 9.84. The third kappa shape index (κ3) is 2.79. The first-order valence-electron chi connectivity index (χ1n) is 3.57. The molecule has 5 heteroatoms. The Morgan fingerprint density at radius 2 is 2.08 bits per heavy atom. The lowest BCUT2D eigenvalue weighted by Gasteiger charge is -2.06. The van der Waals surface area contributed by atoms with Crippen molar-refractivity contribution >= 4 is 34.9 Å². The summed E-state index contributed by atoms with van der Waals surface area (Å²) in [5.41, 5.74) is 0.494. The van der Waals surface area contributed by atoms with Crippen molar-refractivity contribution in [2.24, 2.45) is 0 Å². The summed E-state index contributed by atoms with van der Waals surface area (Å²) in [7, 11) is 1.52. The molecule has 0 aliphatic heterocycles. The fraction of sp³-hybridized carbons (Fsp3) is 0.125. The van der Waals surface area contributed by atoms with Crippen molar-refractivity contribution in [3.63, 3.8) is 0 Å². The van der Waals surface area contributed by atoms with Gasteiger partial charge in [-0.05, 0) is 18.2 Å². The Morgan fingerprint density at radius 3 is 2.69 bits per heavy atom. The van der Waals surface area contributed by atoms with Crippen LogP contribution in [0.15, 0.2) is 18.2 Å². The van der Waals surface area contributed by atoms with Gasteiger partial charge < -0.3 is 10.6 Å². The molecule has 0 saturated carbocycles. The van der Waals surface area contributed by atoms with Crippen molar-refractivity contribution in [2.45, 2.75) is 0 Å². The Kier molecular flexibility index (Phi) is 3.39. The standard InChI is InChI=1S/C8H8Cl2N2O/c1-11-8(13)12-7-4-5(9)2-3-6(7)10/h2-4H,1H3,(H2,11,12,13). The van der Waals surface area contributed by atoms with Crippen molar-refractivity contribution in [3.05, 3.63) is 28.2 Å². The molecule has 3 nitrogen and oxygen atoms in total. The summed E-state index contributed by atoms with van der Waals surface area (Å²) in [6.07, 6.45) is 0. The van der Waals surface area contributed by atoms with Gasteiger partial charge in [0.1, 0.15) is 0 Å². The molecule has 0 spiro atoms. The van der Waals surface area contributed by atoms with Crippen molar-refractivity contribution < 1.29 is 4.79 Å². The van der Waals surface area contributed by atoms with Crippen LogP contribution in [0.4, 0.5) is 10.5 Å². The van der Waals surface area contributed by atoms with Gasteiger partial charge >= 0.3 is 6.03 Å². The zero-order valence-corrected chi connectivity index (χ0v) is 8.41. The van der Waals surface area contributed by atoms with Gasteiger partial charge in [-0.2, -0.15) is 0 Å². The molecule has 0 heterocycles. The Labute approximate surface area is 86.0 Å². The quantitative estimate of drug-likeness (QED) is 0.748. The maximum absolute atomic E-state index is 10.9. The highest BCUT2D eigenvalue weighted by Crippen LogP contribution is 2.25. The minimum atomic E-state index is -0.329. The largest absolute Gasteiger partial charge is 0.341 e. The van der Waals surface area contributed by atoms with Gasteiger partial charge in [-0.3, -0.25) is 0 Å². The maximum Gasteiger partial charge on any atom is 0.319 e. The van der Waals surface area contributed by atoms with E-state index in [1.54, 1.807) is 18.2 Å². The van der Waals surface area contributed by atoms with Crippen molar-refractivity contribution in [1.82, 2.24) is 5.32 Å². The van der Waals surface area contributed by atoms with Gasteiger partial charge in [0.15, 0.2) is 0 Å². The lowest BCUT2D eigenvalue weighted by Crippen LogP contribution is -2.24. The SMILES string of the molecule is CNC(=O)Nc1cc(Cl)ccc1Cl. The highest BCUT2D eigenvalue weighted by molar-refractivity contribution is 6.35. The Morgan fingerprint density at radius 1 is 1.38 bits per heavy atom. The van der Waals surface area contributed by atoms with Crippen molar-refractivity contribution in [2.75, 3.05) is 12.4 Å². The van der Waals surface area contributed by atoms with Crippen molar-refractivity contribution in [3.8, 4) is 0 Å². The van der Waals surface area contributed by atoms with E-state index in [0.717, 1.165) is 0 Å². The van der Waals surface area contributed by atoms with Crippen LogP contribution in [0.2, 0.25) is 10.0 Å². The number of hydrogen-bond donors (Lipinski definition) is 2. The lowest BCUT2D eigenvalue weighted by atomic mass is 10.3. The molecule has 70 valence electrons. The van der Waals surface area contributed by atoms with Crippen LogP contribution < -0.4 is 10.6 Å². The van der Waals surface area contributed by atoms with Crippen LogP contribution in [-0.4, -0.2) is 13.1 Å². The second kappa shape index (κ2) is 4.35. The van der Waals surface area contributed by atoms with Crippen LogP contribution >= 0.6 is 23.2 Å². The molecule has 0 aromatic heterocycles. The van der Waals surface area contributed by atoms with Gasteiger partial charge in [-0.1, -0.05) is 23.2 Å². The minimum absolute atomic E-state index is 0.329. The number of anilines is 1. The van der Waals surface area contributed by atoms with E-state index in [4.69, 9.17) is 23.2 Å². The second-order valence-electron chi connectivity index (χ2n) is 2.33. The van der Waals surface area contributed by atoms with E-state index in [9.17, 15) is 4.79 Å². The number of amides is 2. The summed E-state index contributed by atoms with van der Waals surface area (Å²) >= 11 is 11.5. The Balaban J connectivity index is 2.87. The van der Waals surface area contributed by atoms with Gasteiger partial charge in [0.05, 0.1) is 10.7 Å². The molecular weight excluding hydrogens is 211 g/mol. The highest BCUT2D eigenvalue weighted by Gasteiger charge is 2.03. The third-order valence-corrected chi connectivity index (χ3v) is 1.97. The molecule has 0 saturated heterocycles. The van der Waals surface area contributed by atoms with Crippen LogP contribution in [0.1, 0.15) is 0 Å². The number of carbonyl (C=O) groups is 1. The summed E-state index contributed by atoms with van der Waals surface area (Å²) in [6.45, 7) is 0. The van der Waals surface area contributed by atoms with E-state index in [0.29, 0.717) is 15.7 Å². The number of rotatable bonds is 1. The van der Waals surface area contributed by atoms with E-state index in [2.05, 4.69) is 10.6 Å². The second-order valence-corrected chi connectivity index (χ2v) is 3.17.